The fraction of sp³-hybridized carbons (Fsp3) is 0.552. The van der Waals surface area contributed by atoms with Crippen molar-refractivity contribution >= 4 is 29.0 Å². The fourth-order valence-corrected chi connectivity index (χ4v) is 6.17. The van der Waals surface area contributed by atoms with Gasteiger partial charge in [0.05, 0.1) is 6.07 Å². The lowest BCUT2D eigenvalue weighted by atomic mass is 9.86. The third-order valence-electron chi connectivity index (χ3n) is 7.25. The van der Waals surface area contributed by atoms with E-state index in [0.29, 0.717) is 6.42 Å². The van der Waals surface area contributed by atoms with Crippen LogP contribution >= 0.6 is 11.3 Å². The van der Waals surface area contributed by atoms with Crippen LogP contribution in [0.15, 0.2) is 35.7 Å². The van der Waals surface area contributed by atoms with E-state index in [2.05, 4.69) is 39.9 Å². The molecule has 0 radical (unpaired) electrons. The summed E-state index contributed by atoms with van der Waals surface area (Å²) in [6.07, 6.45) is 2.63. The Morgan fingerprint density at radius 3 is 2.59 bits per heavy atom. The molecule has 1 N–H and O–H groups in total. The number of amides is 2. The van der Waals surface area contributed by atoms with Crippen LogP contribution in [0.4, 0.5) is 10.5 Å². The Hall–Kier alpha value is -3.05. The minimum absolute atomic E-state index is 0.0318. The highest BCUT2D eigenvalue weighted by Crippen LogP contribution is 2.30. The van der Waals surface area contributed by atoms with Crippen molar-refractivity contribution in [2.24, 2.45) is 5.92 Å². The number of carbonyl (C=O) groups is 2. The minimum atomic E-state index is -0.688. The molecule has 3 heterocycles. The summed E-state index contributed by atoms with van der Waals surface area (Å²) in [6, 6.07) is 11.2. The molecule has 1 aromatic carbocycles. The van der Waals surface area contributed by atoms with Gasteiger partial charge in [-0.3, -0.25) is 9.69 Å². The molecule has 2 aliphatic rings. The van der Waals surface area contributed by atoms with Crippen LogP contribution < -0.4 is 10.2 Å². The second kappa shape index (κ2) is 11.1. The van der Waals surface area contributed by atoms with Crippen molar-refractivity contribution in [2.45, 2.75) is 90.6 Å². The maximum absolute atomic E-state index is 13.4. The monoisotopic (exact) mass is 522 g/mol. The number of hydrogen-bond acceptors (Lipinski definition) is 6. The highest BCUT2D eigenvalue weighted by Gasteiger charge is 2.43. The summed E-state index contributed by atoms with van der Waals surface area (Å²) < 4.78 is 5.62. The van der Waals surface area contributed by atoms with Crippen LogP contribution in [0.5, 0.6) is 0 Å². The Labute approximate surface area is 224 Å². The van der Waals surface area contributed by atoms with Crippen molar-refractivity contribution in [1.82, 2.24) is 10.2 Å². The van der Waals surface area contributed by atoms with E-state index in [1.807, 2.05) is 58.1 Å². The molecule has 1 saturated heterocycles. The zero-order valence-corrected chi connectivity index (χ0v) is 23.3. The first-order valence-corrected chi connectivity index (χ1v) is 14.0. The number of ether oxygens (including phenoxy) is 1. The number of nitrogens with zero attached hydrogens (tertiary/aromatic N) is 3. The van der Waals surface area contributed by atoms with E-state index in [1.54, 1.807) is 4.90 Å². The maximum atomic E-state index is 13.4. The Morgan fingerprint density at radius 1 is 1.19 bits per heavy atom. The normalized spacial score (nSPS) is 22.5. The largest absolute Gasteiger partial charge is 0.444 e. The van der Waals surface area contributed by atoms with Crippen molar-refractivity contribution in [2.75, 3.05) is 11.4 Å². The second-order valence-corrected chi connectivity index (χ2v) is 12.3. The van der Waals surface area contributed by atoms with Crippen molar-refractivity contribution in [3.8, 4) is 6.07 Å². The van der Waals surface area contributed by atoms with Crippen molar-refractivity contribution in [3.05, 3.63) is 51.7 Å². The summed E-state index contributed by atoms with van der Waals surface area (Å²) in [4.78, 5) is 31.8. The highest BCUT2D eigenvalue weighted by molar-refractivity contribution is 7.10. The third-order valence-corrected chi connectivity index (χ3v) is 8.27. The number of rotatable bonds is 5. The average molecular weight is 523 g/mol. The molecule has 0 unspecified atom stereocenters. The Morgan fingerprint density at radius 2 is 1.92 bits per heavy atom. The van der Waals surface area contributed by atoms with Crippen molar-refractivity contribution in [1.29, 1.82) is 5.26 Å². The van der Waals surface area contributed by atoms with Crippen LogP contribution in [0.25, 0.3) is 0 Å². The van der Waals surface area contributed by atoms with E-state index < -0.39 is 23.8 Å². The van der Waals surface area contributed by atoms with Crippen LogP contribution in [0.3, 0.4) is 0 Å². The first-order chi connectivity index (χ1) is 17.6. The van der Waals surface area contributed by atoms with E-state index in [-0.39, 0.29) is 17.9 Å². The van der Waals surface area contributed by atoms with Gasteiger partial charge in [-0.25, -0.2) is 4.79 Å². The van der Waals surface area contributed by atoms with Gasteiger partial charge in [0.25, 0.3) is 0 Å². The first-order valence-electron chi connectivity index (χ1n) is 13.2. The predicted molar refractivity (Wildman–Crippen MR) is 146 cm³/mol. The van der Waals surface area contributed by atoms with E-state index >= 15 is 0 Å². The lowest BCUT2D eigenvalue weighted by molar-refractivity contribution is -0.131. The van der Waals surface area contributed by atoms with Gasteiger partial charge in [0, 0.05) is 36.1 Å². The summed E-state index contributed by atoms with van der Waals surface area (Å²) >= 11 is 1.83. The average Bonchev–Trinajstić information content (AvgIpc) is 3.32. The molecule has 37 heavy (non-hydrogen) atoms. The van der Waals surface area contributed by atoms with Crippen LogP contribution in [0.2, 0.25) is 0 Å². The molecule has 1 aromatic heterocycles. The number of hydrogen-bond donors (Lipinski definition) is 1. The molecule has 2 amide bonds. The van der Waals surface area contributed by atoms with Gasteiger partial charge in [0.1, 0.15) is 17.7 Å². The van der Waals surface area contributed by atoms with Gasteiger partial charge >= 0.3 is 6.09 Å². The molecule has 0 spiro atoms. The summed E-state index contributed by atoms with van der Waals surface area (Å²) in [5.41, 5.74) is 2.90. The van der Waals surface area contributed by atoms with Gasteiger partial charge < -0.3 is 15.0 Å². The second-order valence-electron chi connectivity index (χ2n) is 11.3. The van der Waals surface area contributed by atoms with Crippen LogP contribution in [-0.4, -0.2) is 47.2 Å². The Kier molecular flexibility index (Phi) is 8.13. The Bertz CT molecular complexity index is 1150. The van der Waals surface area contributed by atoms with Gasteiger partial charge in [-0.15, -0.1) is 11.3 Å². The Balaban J connectivity index is 1.40. The lowest BCUT2D eigenvalue weighted by Crippen LogP contribution is -2.60. The van der Waals surface area contributed by atoms with Crippen molar-refractivity contribution in [3.63, 3.8) is 0 Å². The quantitative estimate of drug-likeness (QED) is 0.577. The van der Waals surface area contributed by atoms with Gasteiger partial charge in [0.2, 0.25) is 5.91 Å². The first kappa shape index (κ1) is 27.0. The van der Waals surface area contributed by atoms with Gasteiger partial charge in [-0.1, -0.05) is 19.1 Å². The van der Waals surface area contributed by atoms with E-state index in [0.717, 1.165) is 43.6 Å². The van der Waals surface area contributed by atoms with E-state index in [9.17, 15) is 14.9 Å². The SMILES string of the molecule is C[C@@H]1CC[C@H](C)N(C(=O)OC(C)(C)C)[C@@H]1C(=O)N[C@H](C#N)Cc1ccc(N2CCc3sccc3C2)cc1. The fourth-order valence-electron chi connectivity index (χ4n) is 5.28. The molecule has 8 heteroatoms. The molecular formula is C29H38N4O3S. The molecule has 2 aromatic rings. The number of nitriles is 1. The number of fused-ring (bicyclic) bond motifs is 1. The molecule has 1 fully saturated rings. The minimum Gasteiger partial charge on any atom is -0.444 e. The highest BCUT2D eigenvalue weighted by atomic mass is 32.1. The summed E-state index contributed by atoms with van der Waals surface area (Å²) in [5, 5.41) is 14.9. The van der Waals surface area contributed by atoms with Gasteiger partial charge in [-0.05, 0) is 87.6 Å². The molecule has 4 atom stereocenters. The maximum Gasteiger partial charge on any atom is 0.411 e. The summed E-state index contributed by atoms with van der Waals surface area (Å²) in [6.45, 7) is 11.3. The zero-order valence-electron chi connectivity index (χ0n) is 22.5. The number of carbonyl (C=O) groups excluding carboxylic acids is 2. The standard InChI is InChI=1S/C29H38N4O3S/c1-19-6-7-20(2)33(28(35)36-29(3,4)5)26(19)27(34)31-23(17-30)16-21-8-10-24(11-9-21)32-14-12-25-22(18-32)13-15-37-25/h8-11,13,15,19-20,23,26H,6-7,12,14,16,18H2,1-5H3,(H,31,34)/t19-,20+,23+,26+/m1/s1. The van der Waals surface area contributed by atoms with Gasteiger partial charge in [0.15, 0.2) is 0 Å². The number of anilines is 1. The molecule has 0 bridgehead atoms. The number of thiophene rings is 1. The topological polar surface area (TPSA) is 85.7 Å². The number of nitrogens with one attached hydrogen (secondary N) is 1. The number of likely N-dealkylation sites (tertiary alicyclic amines) is 1. The summed E-state index contributed by atoms with van der Waals surface area (Å²) in [5.74, 6) is -0.330. The molecule has 4 rings (SSSR count). The molecular weight excluding hydrogens is 484 g/mol. The molecule has 198 valence electrons. The van der Waals surface area contributed by atoms with Crippen LogP contribution in [0.1, 0.15) is 63.5 Å². The molecule has 2 aliphatic heterocycles. The summed E-state index contributed by atoms with van der Waals surface area (Å²) in [7, 11) is 0. The van der Waals surface area contributed by atoms with E-state index in [1.165, 1.54) is 10.4 Å². The zero-order chi connectivity index (χ0) is 26.7. The molecule has 7 nitrogen and oxygen atoms in total. The smallest absolute Gasteiger partial charge is 0.411 e. The van der Waals surface area contributed by atoms with E-state index in [4.69, 9.17) is 4.74 Å². The number of benzene rings is 1. The van der Waals surface area contributed by atoms with Crippen molar-refractivity contribution < 1.29 is 14.3 Å². The molecule has 0 saturated carbocycles. The lowest BCUT2D eigenvalue weighted by Gasteiger charge is -2.43. The predicted octanol–water partition coefficient (Wildman–Crippen LogP) is 5.29. The van der Waals surface area contributed by atoms with Gasteiger partial charge in [-0.2, -0.15) is 5.26 Å². The number of piperidine rings is 1. The van der Waals surface area contributed by atoms with Crippen LogP contribution in [-0.2, 0) is 28.9 Å². The molecule has 0 aliphatic carbocycles. The van der Waals surface area contributed by atoms with Crippen LogP contribution in [0, 0.1) is 17.2 Å². The third kappa shape index (κ3) is 6.45.